The van der Waals surface area contributed by atoms with Crippen LogP contribution in [-0.2, 0) is 0 Å². The molecule has 0 aliphatic heterocycles. The maximum Gasteiger partial charge on any atom is 0.143 e. The smallest absolute Gasteiger partial charge is 0.143 e. The quantitative estimate of drug-likeness (QED) is 0.178. The second-order valence-corrected chi connectivity index (χ2v) is 14.7. The van der Waals surface area contributed by atoms with E-state index in [9.17, 15) is 0 Å². The fraction of sp³-hybridized carbons (Fsp3) is 0. The van der Waals surface area contributed by atoms with Gasteiger partial charge < -0.3 is 9.32 Å². The van der Waals surface area contributed by atoms with Gasteiger partial charge in [0.05, 0.1) is 5.69 Å². The SMILES string of the molecule is c1ccc(N(c2ccc3c(c2)sc2c4ccccc4c(-c4ccc(-c5cccc6c5oc5ccccc56)cc4)cc32)c2cccc3ccccc23)cc1. The summed E-state index contributed by atoms with van der Waals surface area (Å²) in [5.74, 6) is 0. The predicted molar refractivity (Wildman–Crippen MR) is 227 cm³/mol. The largest absolute Gasteiger partial charge is 0.455 e. The number of furan rings is 1. The summed E-state index contributed by atoms with van der Waals surface area (Å²) in [4.78, 5) is 2.39. The molecule has 0 amide bonds. The maximum absolute atomic E-state index is 6.38. The summed E-state index contributed by atoms with van der Waals surface area (Å²) in [5.41, 5.74) is 10.00. The third-order valence-corrected chi connectivity index (χ3v) is 11.9. The van der Waals surface area contributed by atoms with E-state index < -0.39 is 0 Å². The number of rotatable bonds is 5. The molecule has 0 saturated heterocycles. The average molecular weight is 694 g/mol. The van der Waals surface area contributed by atoms with Crippen molar-refractivity contribution in [3.8, 4) is 22.3 Å². The van der Waals surface area contributed by atoms with E-state index in [-0.39, 0.29) is 0 Å². The molecule has 9 aromatic carbocycles. The van der Waals surface area contributed by atoms with Crippen molar-refractivity contribution in [3.63, 3.8) is 0 Å². The van der Waals surface area contributed by atoms with Crippen molar-refractivity contribution >= 4 is 92.1 Å². The van der Waals surface area contributed by atoms with E-state index in [0.717, 1.165) is 44.4 Å². The molecule has 3 heteroatoms. The van der Waals surface area contributed by atoms with E-state index in [2.05, 4.69) is 181 Å². The monoisotopic (exact) mass is 693 g/mol. The van der Waals surface area contributed by atoms with Gasteiger partial charge in [-0.25, -0.2) is 0 Å². The molecule has 0 radical (unpaired) electrons. The Hall–Kier alpha value is -6.68. The Morgan fingerprint density at radius 3 is 1.91 bits per heavy atom. The molecular formula is C50H31NOS. The van der Waals surface area contributed by atoms with E-state index >= 15 is 0 Å². The summed E-state index contributed by atoms with van der Waals surface area (Å²) in [7, 11) is 0. The zero-order valence-corrected chi connectivity index (χ0v) is 29.5. The van der Waals surface area contributed by atoms with E-state index in [0.29, 0.717) is 0 Å². The van der Waals surface area contributed by atoms with Crippen molar-refractivity contribution < 1.29 is 4.42 Å². The highest BCUT2D eigenvalue weighted by Crippen LogP contribution is 2.46. The zero-order valence-electron chi connectivity index (χ0n) is 28.7. The molecule has 2 nitrogen and oxygen atoms in total. The first-order valence-electron chi connectivity index (χ1n) is 18.0. The van der Waals surface area contributed by atoms with Gasteiger partial charge in [0.1, 0.15) is 11.2 Å². The minimum atomic E-state index is 0.919. The van der Waals surface area contributed by atoms with Crippen molar-refractivity contribution in [3.05, 3.63) is 188 Å². The normalized spacial score (nSPS) is 11.8. The van der Waals surface area contributed by atoms with Gasteiger partial charge in [0, 0.05) is 58.7 Å². The van der Waals surface area contributed by atoms with Crippen LogP contribution in [0.3, 0.4) is 0 Å². The molecule has 11 aromatic rings. The number of thiophene rings is 1. The highest BCUT2D eigenvalue weighted by atomic mass is 32.1. The summed E-state index contributed by atoms with van der Waals surface area (Å²) in [6, 6.07) is 67.9. The first kappa shape index (κ1) is 30.0. The number of hydrogen-bond donors (Lipinski definition) is 0. The van der Waals surface area contributed by atoms with Crippen LogP contribution in [0.5, 0.6) is 0 Å². The predicted octanol–water partition coefficient (Wildman–Crippen LogP) is 15.1. The average Bonchev–Trinajstić information content (AvgIpc) is 3.80. The molecular weight excluding hydrogens is 663 g/mol. The van der Waals surface area contributed by atoms with E-state index in [4.69, 9.17) is 4.42 Å². The number of hydrogen-bond acceptors (Lipinski definition) is 3. The zero-order chi connectivity index (χ0) is 34.9. The molecule has 0 atom stereocenters. The summed E-state index contributed by atoms with van der Waals surface area (Å²) in [5, 5.41) is 9.87. The molecule has 2 aromatic heterocycles. The minimum Gasteiger partial charge on any atom is -0.455 e. The second-order valence-electron chi connectivity index (χ2n) is 13.7. The number of benzene rings is 9. The lowest BCUT2D eigenvalue weighted by atomic mass is 9.94. The first-order chi connectivity index (χ1) is 26.3. The van der Waals surface area contributed by atoms with Crippen LogP contribution in [0, 0.1) is 0 Å². The van der Waals surface area contributed by atoms with Crippen molar-refractivity contribution in [1.82, 2.24) is 0 Å². The molecule has 0 saturated carbocycles. The van der Waals surface area contributed by atoms with Gasteiger partial charge in [-0.05, 0) is 69.9 Å². The Kier molecular flexibility index (Phi) is 6.76. The lowest BCUT2D eigenvalue weighted by Gasteiger charge is -2.27. The first-order valence-corrected chi connectivity index (χ1v) is 18.8. The number of fused-ring (bicyclic) bond motifs is 9. The van der Waals surface area contributed by atoms with Gasteiger partial charge in [0.2, 0.25) is 0 Å². The molecule has 0 fully saturated rings. The van der Waals surface area contributed by atoms with Gasteiger partial charge in [-0.2, -0.15) is 0 Å². The number of para-hydroxylation sites is 3. The molecule has 53 heavy (non-hydrogen) atoms. The Balaban J connectivity index is 1.05. The molecule has 248 valence electrons. The van der Waals surface area contributed by atoms with Gasteiger partial charge >= 0.3 is 0 Å². The fourth-order valence-electron chi connectivity index (χ4n) is 8.18. The third kappa shape index (κ3) is 4.78. The van der Waals surface area contributed by atoms with Crippen LogP contribution in [0.25, 0.3) is 85.9 Å². The van der Waals surface area contributed by atoms with Crippen LogP contribution in [0.2, 0.25) is 0 Å². The maximum atomic E-state index is 6.38. The molecule has 0 unspecified atom stereocenters. The van der Waals surface area contributed by atoms with Crippen molar-refractivity contribution in [2.45, 2.75) is 0 Å². The molecule has 0 spiro atoms. The van der Waals surface area contributed by atoms with Crippen LogP contribution in [-0.4, -0.2) is 0 Å². The van der Waals surface area contributed by atoms with Crippen molar-refractivity contribution in [2.24, 2.45) is 0 Å². The van der Waals surface area contributed by atoms with Gasteiger partial charge in [-0.1, -0.05) is 146 Å². The van der Waals surface area contributed by atoms with Gasteiger partial charge in [0.15, 0.2) is 0 Å². The van der Waals surface area contributed by atoms with Crippen LogP contribution in [0.4, 0.5) is 17.1 Å². The second kappa shape index (κ2) is 11.9. The number of nitrogens with zero attached hydrogens (tertiary/aromatic N) is 1. The summed E-state index contributed by atoms with van der Waals surface area (Å²) in [6.45, 7) is 0. The molecule has 0 N–H and O–H groups in total. The van der Waals surface area contributed by atoms with E-state index in [1.54, 1.807) is 0 Å². The van der Waals surface area contributed by atoms with Gasteiger partial charge in [-0.3, -0.25) is 0 Å². The van der Waals surface area contributed by atoms with E-state index in [1.165, 1.54) is 58.5 Å². The summed E-state index contributed by atoms with van der Waals surface area (Å²) < 4.78 is 8.97. The van der Waals surface area contributed by atoms with Crippen LogP contribution in [0.1, 0.15) is 0 Å². The van der Waals surface area contributed by atoms with Gasteiger partial charge in [0.25, 0.3) is 0 Å². The van der Waals surface area contributed by atoms with Crippen molar-refractivity contribution in [1.29, 1.82) is 0 Å². The Bertz CT molecular complexity index is 3170. The van der Waals surface area contributed by atoms with Crippen molar-refractivity contribution in [2.75, 3.05) is 4.90 Å². The Morgan fingerprint density at radius 1 is 0.396 bits per heavy atom. The molecule has 0 bridgehead atoms. The fourth-order valence-corrected chi connectivity index (χ4v) is 9.43. The Labute approximate surface area is 310 Å². The highest BCUT2D eigenvalue weighted by molar-refractivity contribution is 7.26. The summed E-state index contributed by atoms with van der Waals surface area (Å²) >= 11 is 1.89. The Morgan fingerprint density at radius 2 is 1.06 bits per heavy atom. The topological polar surface area (TPSA) is 16.4 Å². The molecule has 11 rings (SSSR count). The van der Waals surface area contributed by atoms with E-state index in [1.807, 2.05) is 23.5 Å². The molecule has 0 aliphatic carbocycles. The minimum absolute atomic E-state index is 0.919. The number of anilines is 3. The van der Waals surface area contributed by atoms with Crippen LogP contribution >= 0.6 is 11.3 Å². The molecule has 0 aliphatic rings. The van der Waals surface area contributed by atoms with Crippen LogP contribution in [0.15, 0.2) is 192 Å². The lowest BCUT2D eigenvalue weighted by molar-refractivity contribution is 0.670. The standard InChI is InChI=1S/C50H31NOS/c1-2-14-35(15-3-1)51(46-22-10-13-32-12-4-5-16-37(32)46)36-28-29-41-45-31-44(39-17-6-7-19-43(39)50(45)53-48(41)30-36)34-26-24-33(25-27-34)38-20-11-21-42-40-18-8-9-23-47(40)52-49(38)42/h1-31H. The van der Waals surface area contributed by atoms with Gasteiger partial charge in [-0.15, -0.1) is 11.3 Å². The third-order valence-electron chi connectivity index (χ3n) is 10.7. The highest BCUT2D eigenvalue weighted by Gasteiger charge is 2.19. The molecule has 2 heterocycles. The lowest BCUT2D eigenvalue weighted by Crippen LogP contribution is -2.10. The van der Waals surface area contributed by atoms with Crippen LogP contribution < -0.4 is 4.90 Å². The summed E-state index contributed by atoms with van der Waals surface area (Å²) in [6.07, 6.45) is 0.